The van der Waals surface area contributed by atoms with E-state index in [-0.39, 0.29) is 24.8 Å². The lowest BCUT2D eigenvalue weighted by Gasteiger charge is -2.28. The van der Waals surface area contributed by atoms with Gasteiger partial charge in [0, 0.05) is 42.8 Å². The van der Waals surface area contributed by atoms with Crippen molar-refractivity contribution in [2.45, 2.75) is 26.2 Å². The van der Waals surface area contributed by atoms with Crippen molar-refractivity contribution in [2.75, 3.05) is 50.1 Å². The highest BCUT2D eigenvalue weighted by Gasteiger charge is 2.16. The van der Waals surface area contributed by atoms with Crippen LogP contribution in [-0.2, 0) is 20.7 Å². The van der Waals surface area contributed by atoms with Crippen LogP contribution in [0.15, 0.2) is 29.6 Å². The van der Waals surface area contributed by atoms with Gasteiger partial charge in [0.05, 0.1) is 36.9 Å². The van der Waals surface area contributed by atoms with Gasteiger partial charge >= 0.3 is 0 Å². The Labute approximate surface area is 175 Å². The predicted molar refractivity (Wildman–Crippen MR) is 116 cm³/mol. The predicted octanol–water partition coefficient (Wildman–Crippen LogP) is 2.74. The van der Waals surface area contributed by atoms with Gasteiger partial charge in [0.15, 0.2) is 0 Å². The molecule has 1 saturated heterocycles. The molecule has 0 atom stereocenters. The van der Waals surface area contributed by atoms with Crippen LogP contribution >= 0.6 is 11.3 Å². The highest BCUT2D eigenvalue weighted by atomic mass is 32.1. The SMILES string of the molecule is CC(C)c1nc(CC(=O)N(C)CC(=O)Nc2ccc(N3CCOCC3)cc2)cs1. The van der Waals surface area contributed by atoms with Gasteiger partial charge in [-0.25, -0.2) is 4.98 Å². The Morgan fingerprint density at radius 2 is 1.93 bits per heavy atom. The number of benzene rings is 1. The molecule has 0 unspecified atom stereocenters. The first-order chi connectivity index (χ1) is 13.9. The second-order valence-corrected chi connectivity index (χ2v) is 8.34. The fourth-order valence-corrected chi connectivity index (χ4v) is 3.88. The summed E-state index contributed by atoms with van der Waals surface area (Å²) in [5.74, 6) is 0.00605. The molecule has 2 heterocycles. The molecule has 3 rings (SSSR count). The lowest BCUT2D eigenvalue weighted by atomic mass is 10.2. The zero-order valence-electron chi connectivity index (χ0n) is 17.2. The molecule has 0 radical (unpaired) electrons. The molecule has 7 nitrogen and oxygen atoms in total. The van der Waals surface area contributed by atoms with E-state index in [1.54, 1.807) is 18.4 Å². The van der Waals surface area contributed by atoms with Gasteiger partial charge in [0.1, 0.15) is 0 Å². The number of hydrogen-bond acceptors (Lipinski definition) is 6. The summed E-state index contributed by atoms with van der Waals surface area (Å²) in [6, 6.07) is 7.75. The van der Waals surface area contributed by atoms with Crippen molar-refractivity contribution in [2.24, 2.45) is 0 Å². The molecule has 1 aliphatic rings. The molecule has 1 aromatic carbocycles. The number of carbonyl (C=O) groups excluding carboxylic acids is 2. The number of nitrogens with zero attached hydrogens (tertiary/aromatic N) is 3. The average Bonchev–Trinajstić information content (AvgIpc) is 3.18. The van der Waals surface area contributed by atoms with Gasteiger partial charge in [-0.3, -0.25) is 9.59 Å². The van der Waals surface area contributed by atoms with Crippen LogP contribution in [0.25, 0.3) is 0 Å². The van der Waals surface area contributed by atoms with Gasteiger partial charge in [-0.2, -0.15) is 0 Å². The molecule has 8 heteroatoms. The number of amides is 2. The zero-order valence-corrected chi connectivity index (χ0v) is 18.0. The van der Waals surface area contributed by atoms with E-state index in [1.807, 2.05) is 29.6 Å². The number of aromatic nitrogens is 1. The number of likely N-dealkylation sites (N-methyl/N-ethyl adjacent to an activating group) is 1. The number of anilines is 2. The van der Waals surface area contributed by atoms with Crippen LogP contribution < -0.4 is 10.2 Å². The molecule has 29 heavy (non-hydrogen) atoms. The van der Waals surface area contributed by atoms with Crippen molar-refractivity contribution in [1.82, 2.24) is 9.88 Å². The lowest BCUT2D eigenvalue weighted by molar-refractivity contribution is -0.132. The van der Waals surface area contributed by atoms with E-state index >= 15 is 0 Å². The van der Waals surface area contributed by atoms with Gasteiger partial charge in [0.2, 0.25) is 11.8 Å². The highest BCUT2D eigenvalue weighted by Crippen LogP contribution is 2.20. The summed E-state index contributed by atoms with van der Waals surface area (Å²) < 4.78 is 5.37. The molecule has 1 aliphatic heterocycles. The van der Waals surface area contributed by atoms with E-state index in [2.05, 4.69) is 29.0 Å². The van der Waals surface area contributed by atoms with Gasteiger partial charge in [-0.1, -0.05) is 13.8 Å². The first-order valence-corrected chi connectivity index (χ1v) is 10.7. The highest BCUT2D eigenvalue weighted by molar-refractivity contribution is 7.09. The molecule has 0 saturated carbocycles. The Kier molecular flexibility index (Phi) is 7.22. The molecule has 0 aliphatic carbocycles. The second-order valence-electron chi connectivity index (χ2n) is 7.45. The maximum Gasteiger partial charge on any atom is 0.243 e. The summed E-state index contributed by atoms with van der Waals surface area (Å²) in [5.41, 5.74) is 2.59. The Balaban J connectivity index is 1.48. The molecule has 1 fully saturated rings. The van der Waals surface area contributed by atoms with Crippen LogP contribution in [0.1, 0.15) is 30.5 Å². The third-order valence-corrected chi connectivity index (χ3v) is 5.92. The second kappa shape index (κ2) is 9.84. The van der Waals surface area contributed by atoms with E-state index in [1.165, 1.54) is 4.90 Å². The van der Waals surface area contributed by atoms with Crippen LogP contribution in [0.4, 0.5) is 11.4 Å². The Hall–Kier alpha value is -2.45. The van der Waals surface area contributed by atoms with Crippen molar-refractivity contribution in [3.8, 4) is 0 Å². The summed E-state index contributed by atoms with van der Waals surface area (Å²) >= 11 is 1.57. The van der Waals surface area contributed by atoms with Crippen molar-refractivity contribution >= 4 is 34.5 Å². The van der Waals surface area contributed by atoms with Crippen molar-refractivity contribution < 1.29 is 14.3 Å². The number of morpholine rings is 1. The third kappa shape index (κ3) is 6.01. The topological polar surface area (TPSA) is 74.8 Å². The molecular weight excluding hydrogens is 388 g/mol. The number of nitrogens with one attached hydrogen (secondary N) is 1. The molecule has 1 N–H and O–H groups in total. The normalized spacial score (nSPS) is 14.1. The maximum absolute atomic E-state index is 12.4. The minimum atomic E-state index is -0.221. The smallest absolute Gasteiger partial charge is 0.243 e. The number of hydrogen-bond donors (Lipinski definition) is 1. The number of rotatable bonds is 7. The van der Waals surface area contributed by atoms with Gasteiger partial charge in [-0.05, 0) is 24.3 Å². The molecule has 0 bridgehead atoms. The molecule has 1 aromatic heterocycles. The molecule has 2 amide bonds. The van der Waals surface area contributed by atoms with Gasteiger partial charge in [0.25, 0.3) is 0 Å². The number of ether oxygens (including phenoxy) is 1. The zero-order chi connectivity index (χ0) is 20.8. The van der Waals surface area contributed by atoms with Gasteiger partial charge in [-0.15, -0.1) is 11.3 Å². The van der Waals surface area contributed by atoms with Crippen LogP contribution in [-0.4, -0.2) is 61.6 Å². The summed E-state index contributed by atoms with van der Waals surface area (Å²) in [6.45, 7) is 7.37. The van der Waals surface area contributed by atoms with Crippen LogP contribution in [0, 0.1) is 0 Å². The monoisotopic (exact) mass is 416 g/mol. The quantitative estimate of drug-likeness (QED) is 0.751. The van der Waals surface area contributed by atoms with Crippen LogP contribution in [0.3, 0.4) is 0 Å². The molecular formula is C21H28N4O3S. The largest absolute Gasteiger partial charge is 0.378 e. The van der Waals surface area contributed by atoms with Crippen molar-refractivity contribution in [3.05, 3.63) is 40.3 Å². The number of carbonyl (C=O) groups is 2. The van der Waals surface area contributed by atoms with Crippen LogP contribution in [0.2, 0.25) is 0 Å². The third-order valence-electron chi connectivity index (χ3n) is 4.73. The van der Waals surface area contributed by atoms with Crippen LogP contribution in [0.5, 0.6) is 0 Å². The van der Waals surface area contributed by atoms with Crippen molar-refractivity contribution in [3.63, 3.8) is 0 Å². The Bertz CT molecular complexity index is 829. The maximum atomic E-state index is 12.4. The van der Waals surface area contributed by atoms with E-state index in [4.69, 9.17) is 4.74 Å². The Morgan fingerprint density at radius 1 is 1.24 bits per heavy atom. The first-order valence-electron chi connectivity index (χ1n) is 9.83. The minimum absolute atomic E-state index is 0.00518. The fourth-order valence-electron chi connectivity index (χ4n) is 3.04. The lowest BCUT2D eigenvalue weighted by Crippen LogP contribution is -2.36. The summed E-state index contributed by atoms with van der Waals surface area (Å²) in [7, 11) is 1.64. The van der Waals surface area contributed by atoms with E-state index in [9.17, 15) is 9.59 Å². The summed E-state index contributed by atoms with van der Waals surface area (Å²) in [4.78, 5) is 32.9. The van der Waals surface area contributed by atoms with E-state index in [0.29, 0.717) is 11.6 Å². The number of thiazole rings is 1. The Morgan fingerprint density at radius 3 is 2.55 bits per heavy atom. The first kappa shape index (κ1) is 21.3. The molecule has 2 aromatic rings. The summed E-state index contributed by atoms with van der Waals surface area (Å²) in [6.07, 6.45) is 0.210. The molecule has 156 valence electrons. The van der Waals surface area contributed by atoms with E-state index < -0.39 is 0 Å². The molecule has 0 spiro atoms. The van der Waals surface area contributed by atoms with E-state index in [0.717, 1.165) is 42.7 Å². The van der Waals surface area contributed by atoms with Crippen molar-refractivity contribution in [1.29, 1.82) is 0 Å². The average molecular weight is 417 g/mol. The fraction of sp³-hybridized carbons (Fsp3) is 0.476. The van der Waals surface area contributed by atoms with Gasteiger partial charge < -0.3 is 19.9 Å². The minimum Gasteiger partial charge on any atom is -0.378 e. The standard InChI is InChI=1S/C21H28N4O3S/c1-15(2)21-23-17(14-29-21)12-20(27)24(3)13-19(26)22-16-4-6-18(7-5-16)25-8-10-28-11-9-25/h4-7,14-15H,8-13H2,1-3H3,(H,22,26). The summed E-state index contributed by atoms with van der Waals surface area (Å²) in [5, 5.41) is 5.79.